The Kier molecular flexibility index (Phi) is 2.63. The van der Waals surface area contributed by atoms with Gasteiger partial charge in [-0.2, -0.15) is 0 Å². The predicted octanol–water partition coefficient (Wildman–Crippen LogP) is 0.162. The Morgan fingerprint density at radius 1 is 1.38 bits per heavy atom. The molecule has 1 aliphatic rings. The summed E-state index contributed by atoms with van der Waals surface area (Å²) in [6.07, 6.45) is 0. The molecule has 0 spiro atoms. The fraction of sp³-hybridized carbons (Fsp3) is 0.889. The third-order valence-corrected chi connectivity index (χ3v) is 2.93. The topological polar surface area (TPSA) is 60.8 Å². The van der Waals surface area contributed by atoms with Gasteiger partial charge in [-0.05, 0) is 12.8 Å². The number of hydrogen-bond acceptors (Lipinski definition) is 3. The van der Waals surface area contributed by atoms with E-state index in [9.17, 15) is 9.90 Å². The predicted molar refractivity (Wildman–Crippen MR) is 48.5 cm³/mol. The molecule has 1 aliphatic heterocycles. The van der Waals surface area contributed by atoms with Crippen molar-refractivity contribution >= 4 is 5.97 Å². The highest BCUT2D eigenvalue weighted by Crippen LogP contribution is 2.29. The molecule has 0 saturated carbocycles. The smallest absolute Gasteiger partial charge is 0.320 e. The van der Waals surface area contributed by atoms with Crippen molar-refractivity contribution in [3.8, 4) is 0 Å². The molecule has 1 unspecified atom stereocenters. The van der Waals surface area contributed by atoms with Crippen LogP contribution in [-0.4, -0.2) is 45.8 Å². The summed E-state index contributed by atoms with van der Waals surface area (Å²) in [5.74, 6) is -0.643. The van der Waals surface area contributed by atoms with E-state index in [0.717, 1.165) is 0 Å². The molecule has 76 valence electrons. The number of carboxylic acid groups (broad SMARTS) is 1. The maximum atomic E-state index is 10.6. The molecule has 4 heteroatoms. The lowest BCUT2D eigenvalue weighted by molar-refractivity contribution is -0.164. The largest absolute Gasteiger partial charge is 0.480 e. The normalized spacial score (nSPS) is 24.1. The highest BCUT2D eigenvalue weighted by molar-refractivity contribution is 5.73. The van der Waals surface area contributed by atoms with Crippen molar-refractivity contribution in [3.05, 3.63) is 0 Å². The minimum atomic E-state index is -0.828. The summed E-state index contributed by atoms with van der Waals surface area (Å²) in [5, 5.41) is 18.6. The van der Waals surface area contributed by atoms with Crippen LogP contribution in [0.1, 0.15) is 20.8 Å². The van der Waals surface area contributed by atoms with E-state index < -0.39 is 17.6 Å². The van der Waals surface area contributed by atoms with Crippen molar-refractivity contribution in [1.29, 1.82) is 0 Å². The van der Waals surface area contributed by atoms with Gasteiger partial charge in [0.25, 0.3) is 0 Å². The lowest BCUT2D eigenvalue weighted by Gasteiger charge is -2.50. The third kappa shape index (κ3) is 1.84. The molecule has 0 aromatic heterocycles. The summed E-state index contributed by atoms with van der Waals surface area (Å²) in [4.78, 5) is 12.4. The van der Waals surface area contributed by atoms with Crippen molar-refractivity contribution < 1.29 is 15.0 Å². The van der Waals surface area contributed by atoms with Crippen molar-refractivity contribution in [2.75, 3.05) is 13.1 Å². The second-order valence-electron chi connectivity index (χ2n) is 4.18. The van der Waals surface area contributed by atoms with Gasteiger partial charge in [-0.15, -0.1) is 0 Å². The number of likely N-dealkylation sites (tertiary alicyclic amines) is 1. The fourth-order valence-corrected chi connectivity index (χ4v) is 1.45. The molecule has 0 radical (unpaired) electrons. The fourth-order valence-electron chi connectivity index (χ4n) is 1.45. The minimum absolute atomic E-state index is 0.185. The van der Waals surface area contributed by atoms with Crippen LogP contribution in [0.15, 0.2) is 0 Å². The lowest BCUT2D eigenvalue weighted by Crippen LogP contribution is -2.67. The molecule has 13 heavy (non-hydrogen) atoms. The summed E-state index contributed by atoms with van der Waals surface area (Å²) in [5.41, 5.74) is -0.677. The van der Waals surface area contributed by atoms with Crippen molar-refractivity contribution in [1.82, 2.24) is 4.90 Å². The molecule has 1 atom stereocenters. The van der Waals surface area contributed by atoms with Gasteiger partial charge in [0, 0.05) is 13.1 Å². The van der Waals surface area contributed by atoms with Gasteiger partial charge in [0.15, 0.2) is 0 Å². The molecule has 0 aromatic carbocycles. The number of aliphatic hydroxyl groups is 1. The van der Waals surface area contributed by atoms with Crippen molar-refractivity contribution in [2.24, 2.45) is 5.92 Å². The molecule has 4 nitrogen and oxygen atoms in total. The van der Waals surface area contributed by atoms with Crippen LogP contribution < -0.4 is 0 Å². The van der Waals surface area contributed by atoms with Crippen LogP contribution in [0.4, 0.5) is 0 Å². The van der Waals surface area contributed by atoms with E-state index in [2.05, 4.69) is 0 Å². The van der Waals surface area contributed by atoms with Gasteiger partial charge in [0.2, 0.25) is 0 Å². The van der Waals surface area contributed by atoms with Gasteiger partial charge in [-0.3, -0.25) is 9.69 Å². The van der Waals surface area contributed by atoms with Gasteiger partial charge in [-0.1, -0.05) is 13.8 Å². The number of carbonyl (C=O) groups is 1. The second kappa shape index (κ2) is 3.27. The second-order valence-corrected chi connectivity index (χ2v) is 4.18. The first-order chi connectivity index (χ1) is 5.87. The van der Waals surface area contributed by atoms with E-state index in [4.69, 9.17) is 5.11 Å². The third-order valence-electron chi connectivity index (χ3n) is 2.93. The molecule has 0 aromatic rings. The van der Waals surface area contributed by atoms with Gasteiger partial charge in [0.05, 0.1) is 5.60 Å². The number of rotatable bonds is 3. The van der Waals surface area contributed by atoms with E-state index in [-0.39, 0.29) is 5.92 Å². The molecule has 1 heterocycles. The van der Waals surface area contributed by atoms with Crippen molar-refractivity contribution in [2.45, 2.75) is 32.4 Å². The Hall–Kier alpha value is -0.610. The van der Waals surface area contributed by atoms with Gasteiger partial charge >= 0.3 is 5.97 Å². The van der Waals surface area contributed by atoms with E-state index in [1.165, 1.54) is 0 Å². The average molecular weight is 187 g/mol. The van der Waals surface area contributed by atoms with E-state index >= 15 is 0 Å². The van der Waals surface area contributed by atoms with E-state index in [1.54, 1.807) is 11.8 Å². The first kappa shape index (κ1) is 10.5. The number of nitrogens with zero attached hydrogens (tertiary/aromatic N) is 1. The van der Waals surface area contributed by atoms with Crippen molar-refractivity contribution in [3.63, 3.8) is 0 Å². The van der Waals surface area contributed by atoms with Crippen LogP contribution in [0.3, 0.4) is 0 Å². The zero-order valence-electron chi connectivity index (χ0n) is 8.32. The van der Waals surface area contributed by atoms with Crippen LogP contribution in [0, 0.1) is 5.92 Å². The van der Waals surface area contributed by atoms with Gasteiger partial charge in [-0.25, -0.2) is 0 Å². The maximum absolute atomic E-state index is 10.6. The highest BCUT2D eigenvalue weighted by atomic mass is 16.4. The molecular formula is C9H17NO3. The Bertz CT molecular complexity index is 209. The molecule has 0 aliphatic carbocycles. The molecule has 0 amide bonds. The van der Waals surface area contributed by atoms with E-state index in [1.807, 2.05) is 13.8 Å². The monoisotopic (exact) mass is 187 g/mol. The molecule has 2 N–H and O–H groups in total. The number of hydrogen-bond donors (Lipinski definition) is 2. The SMILES string of the molecule is CC(C(=O)O)N1CC(O)(C(C)C)C1. The number of β-amino-alcohol motifs (C(OH)–C–C–N with tert-alkyl or cyclic N) is 1. The van der Waals surface area contributed by atoms with Crippen LogP contribution in [0.2, 0.25) is 0 Å². The minimum Gasteiger partial charge on any atom is -0.480 e. The zero-order valence-corrected chi connectivity index (χ0v) is 8.32. The quantitative estimate of drug-likeness (QED) is 0.661. The van der Waals surface area contributed by atoms with Crippen LogP contribution >= 0.6 is 0 Å². The Morgan fingerprint density at radius 3 is 2.15 bits per heavy atom. The first-order valence-corrected chi connectivity index (χ1v) is 4.56. The summed E-state index contributed by atoms with van der Waals surface area (Å²) >= 11 is 0. The standard InChI is InChI=1S/C9H17NO3/c1-6(2)9(13)4-10(5-9)7(3)8(11)12/h6-7,13H,4-5H2,1-3H3,(H,11,12). The number of carboxylic acids is 1. The van der Waals surface area contributed by atoms with Crippen LogP contribution in [0.5, 0.6) is 0 Å². The Morgan fingerprint density at radius 2 is 1.85 bits per heavy atom. The summed E-state index contributed by atoms with van der Waals surface area (Å²) in [7, 11) is 0. The molecule has 1 fully saturated rings. The van der Waals surface area contributed by atoms with Crippen LogP contribution in [-0.2, 0) is 4.79 Å². The highest BCUT2D eigenvalue weighted by Gasteiger charge is 2.46. The summed E-state index contributed by atoms with van der Waals surface area (Å²) < 4.78 is 0. The molecule has 0 bridgehead atoms. The molecule has 1 saturated heterocycles. The Labute approximate surface area is 78.2 Å². The average Bonchev–Trinajstić information content (AvgIpc) is 1.96. The maximum Gasteiger partial charge on any atom is 0.320 e. The molecular weight excluding hydrogens is 170 g/mol. The zero-order chi connectivity index (χ0) is 10.2. The summed E-state index contributed by atoms with van der Waals surface area (Å²) in [6.45, 7) is 6.48. The lowest BCUT2D eigenvalue weighted by atomic mass is 9.82. The first-order valence-electron chi connectivity index (χ1n) is 4.56. The van der Waals surface area contributed by atoms with Crippen LogP contribution in [0.25, 0.3) is 0 Å². The van der Waals surface area contributed by atoms with Gasteiger partial charge in [0.1, 0.15) is 6.04 Å². The van der Waals surface area contributed by atoms with E-state index in [0.29, 0.717) is 13.1 Å². The summed E-state index contributed by atoms with van der Waals surface area (Å²) in [6, 6.07) is -0.487. The molecule has 1 rings (SSSR count). The van der Waals surface area contributed by atoms with Gasteiger partial charge < -0.3 is 10.2 Å². The number of aliphatic carboxylic acids is 1. The Balaban J connectivity index is 2.45.